The van der Waals surface area contributed by atoms with Crippen LogP contribution in [0.1, 0.15) is 106 Å². The zero-order valence-electron chi connectivity index (χ0n) is 38.4. The Bertz CT molecular complexity index is 1620. The lowest BCUT2D eigenvalue weighted by atomic mass is 9.89. The normalized spacial score (nSPS) is 21.6. The van der Waals surface area contributed by atoms with Gasteiger partial charge >= 0.3 is 12.1 Å². The number of hydrogen-bond acceptors (Lipinski definition) is 10. The predicted molar refractivity (Wildman–Crippen MR) is 228 cm³/mol. The fourth-order valence-electron chi connectivity index (χ4n) is 8.63. The van der Waals surface area contributed by atoms with Gasteiger partial charge < -0.3 is 39.4 Å². The minimum absolute atomic E-state index is 0.0419. The molecule has 2 saturated heterocycles. The van der Waals surface area contributed by atoms with Crippen LogP contribution >= 0.6 is 0 Å². The molecule has 15 heteroatoms. The van der Waals surface area contributed by atoms with E-state index in [1.807, 2.05) is 58.0 Å². The van der Waals surface area contributed by atoms with E-state index in [1.165, 1.54) is 26.2 Å². The van der Waals surface area contributed by atoms with Crippen molar-refractivity contribution in [2.45, 2.75) is 155 Å². The van der Waals surface area contributed by atoms with Crippen LogP contribution in [-0.2, 0) is 49.3 Å². The van der Waals surface area contributed by atoms with Gasteiger partial charge in [-0.05, 0) is 70.8 Å². The summed E-state index contributed by atoms with van der Waals surface area (Å²) in [7, 11) is 6.00. The lowest BCUT2D eigenvalue weighted by Gasteiger charge is -2.41. The van der Waals surface area contributed by atoms with Crippen molar-refractivity contribution >= 4 is 35.7 Å². The number of ether oxygens (including phenoxy) is 4. The third-order valence-electron chi connectivity index (χ3n) is 12.3. The average molecular weight is 844 g/mol. The first-order chi connectivity index (χ1) is 28.1. The molecule has 0 radical (unpaired) electrons. The first kappa shape index (κ1) is 50.1. The van der Waals surface area contributed by atoms with E-state index in [2.05, 4.69) is 10.6 Å². The minimum Gasteiger partial charge on any atom is -0.467 e. The van der Waals surface area contributed by atoms with E-state index in [0.29, 0.717) is 45.2 Å². The Kier molecular flexibility index (Phi) is 18.4. The maximum Gasteiger partial charge on any atom is 0.411 e. The molecule has 0 saturated carbocycles. The Morgan fingerprint density at radius 2 is 1.58 bits per heavy atom. The predicted octanol–water partition coefficient (Wildman–Crippen LogP) is 4.74. The molecule has 0 aromatic heterocycles. The van der Waals surface area contributed by atoms with Gasteiger partial charge in [-0.15, -0.1) is 0 Å². The van der Waals surface area contributed by atoms with Gasteiger partial charge in [-0.2, -0.15) is 0 Å². The Hall–Kier alpha value is -4.24. The number of amides is 5. The van der Waals surface area contributed by atoms with E-state index in [0.717, 1.165) is 5.56 Å². The zero-order valence-corrected chi connectivity index (χ0v) is 38.4. The van der Waals surface area contributed by atoms with Crippen molar-refractivity contribution in [3.63, 3.8) is 0 Å². The Balaban J connectivity index is 1.79. The maximum atomic E-state index is 14.5. The smallest absolute Gasteiger partial charge is 0.411 e. The van der Waals surface area contributed by atoms with Crippen molar-refractivity contribution in [1.82, 2.24) is 25.3 Å². The highest BCUT2D eigenvalue weighted by atomic mass is 16.6. The number of likely N-dealkylation sites (N-methyl/N-ethyl adjacent to an activating group) is 1. The fraction of sp³-hybridized carbons (Fsp3) is 0.733. The molecule has 2 heterocycles. The van der Waals surface area contributed by atoms with Gasteiger partial charge in [0.05, 0.1) is 43.7 Å². The number of benzene rings is 1. The second kappa shape index (κ2) is 22.0. The van der Waals surface area contributed by atoms with Crippen LogP contribution in [0.25, 0.3) is 0 Å². The molecular weight excluding hydrogens is 771 g/mol. The molecule has 0 aliphatic carbocycles. The summed E-state index contributed by atoms with van der Waals surface area (Å²) in [4.78, 5) is 87.2. The summed E-state index contributed by atoms with van der Waals surface area (Å²) < 4.78 is 22.6. The van der Waals surface area contributed by atoms with Crippen molar-refractivity contribution in [1.29, 1.82) is 0 Å². The molecule has 0 spiro atoms. The van der Waals surface area contributed by atoms with Crippen molar-refractivity contribution in [2.75, 3.05) is 41.5 Å². The highest BCUT2D eigenvalue weighted by Gasteiger charge is 2.49. The summed E-state index contributed by atoms with van der Waals surface area (Å²) in [6.45, 7) is 17.3. The Morgan fingerprint density at radius 1 is 0.933 bits per heavy atom. The number of carbonyl (C=O) groups is 6. The second-order valence-electron chi connectivity index (χ2n) is 18.1. The van der Waals surface area contributed by atoms with E-state index >= 15 is 0 Å². The van der Waals surface area contributed by atoms with Crippen LogP contribution in [-0.4, -0.2) is 139 Å². The summed E-state index contributed by atoms with van der Waals surface area (Å²) in [6, 6.07) is 6.54. The van der Waals surface area contributed by atoms with Gasteiger partial charge in [-0.3, -0.25) is 24.1 Å². The monoisotopic (exact) mass is 844 g/mol. The van der Waals surface area contributed by atoms with Crippen LogP contribution in [0, 0.1) is 17.8 Å². The summed E-state index contributed by atoms with van der Waals surface area (Å²) in [5.41, 5.74) is -1.08. The van der Waals surface area contributed by atoms with Crippen molar-refractivity contribution in [2.24, 2.45) is 17.8 Å². The van der Waals surface area contributed by atoms with E-state index in [1.54, 1.807) is 51.5 Å². The first-order valence-electron chi connectivity index (χ1n) is 21.5. The summed E-state index contributed by atoms with van der Waals surface area (Å²) >= 11 is 0. The SMILES string of the molecule is CCC(C)C(C(CC(=O)N1CCCC1C(OC)C(C)C(=O)NC(Cc1ccccc1)C(=O)OC)OC)N(C)C(=O)C(NC(=O)C1(C)CCCN1C(=O)OC(C)(C)C)C(C)C. The minimum atomic E-state index is -1.21. The number of likely N-dealkylation sites (tertiary alicyclic amines) is 2. The standard InChI is InChI=1S/C45H73N5O10/c1-14-29(4)37(48(10)40(53)36(28(2)3)47-42(55)45(9)23-19-25-50(45)43(56)60-44(6,7)8)34(57-11)27-35(51)49-24-18-22-33(49)38(58-12)30(5)39(52)46-32(41(54)59-13)26-31-20-16-15-17-21-31/h15-17,20-21,28-30,32-34,36-38H,14,18-19,22-27H2,1-13H3,(H,46,52)(H,47,55). The number of rotatable bonds is 19. The number of carbonyl (C=O) groups excluding carboxylic acids is 6. The van der Waals surface area contributed by atoms with Gasteiger partial charge in [-0.1, -0.05) is 71.4 Å². The number of methoxy groups -OCH3 is 3. The number of esters is 1. The average Bonchev–Trinajstić information content (AvgIpc) is 3.86. The Morgan fingerprint density at radius 3 is 2.13 bits per heavy atom. The molecule has 1 aromatic carbocycles. The maximum absolute atomic E-state index is 14.5. The number of nitrogens with one attached hydrogen (secondary N) is 2. The van der Waals surface area contributed by atoms with Crippen LogP contribution < -0.4 is 10.6 Å². The highest BCUT2D eigenvalue weighted by Crippen LogP contribution is 2.33. The van der Waals surface area contributed by atoms with E-state index in [9.17, 15) is 28.8 Å². The highest BCUT2D eigenvalue weighted by molar-refractivity contribution is 5.94. The third-order valence-corrected chi connectivity index (χ3v) is 12.3. The Labute approximate surface area is 357 Å². The summed E-state index contributed by atoms with van der Waals surface area (Å²) in [5.74, 6) is -3.06. The first-order valence-corrected chi connectivity index (χ1v) is 21.5. The fourth-order valence-corrected chi connectivity index (χ4v) is 8.63. The van der Waals surface area contributed by atoms with Gasteiger partial charge in [0.15, 0.2) is 0 Å². The van der Waals surface area contributed by atoms with Crippen LogP contribution in [0.3, 0.4) is 0 Å². The van der Waals surface area contributed by atoms with Crippen molar-refractivity contribution in [3.05, 3.63) is 35.9 Å². The topological polar surface area (TPSA) is 173 Å². The molecule has 9 unspecified atom stereocenters. The van der Waals surface area contributed by atoms with Gasteiger partial charge in [0, 0.05) is 40.8 Å². The number of hydrogen-bond donors (Lipinski definition) is 2. The molecule has 2 aliphatic heterocycles. The molecular formula is C45H73N5O10. The van der Waals surface area contributed by atoms with E-state index in [4.69, 9.17) is 18.9 Å². The quantitative estimate of drug-likeness (QED) is 0.186. The molecule has 1 aromatic rings. The molecule has 2 N–H and O–H groups in total. The molecule has 0 bridgehead atoms. The largest absolute Gasteiger partial charge is 0.467 e. The van der Waals surface area contributed by atoms with Crippen LogP contribution in [0.15, 0.2) is 30.3 Å². The molecule has 9 atom stereocenters. The van der Waals surface area contributed by atoms with Gasteiger partial charge in [-0.25, -0.2) is 9.59 Å². The molecule has 15 nitrogen and oxygen atoms in total. The summed E-state index contributed by atoms with van der Waals surface area (Å²) in [6.07, 6.45) is 1.28. The van der Waals surface area contributed by atoms with Gasteiger partial charge in [0.25, 0.3) is 0 Å². The van der Waals surface area contributed by atoms with Crippen LogP contribution in [0.2, 0.25) is 0 Å². The summed E-state index contributed by atoms with van der Waals surface area (Å²) in [5, 5.41) is 5.85. The second-order valence-corrected chi connectivity index (χ2v) is 18.1. The number of nitrogens with zero attached hydrogens (tertiary/aromatic N) is 3. The lowest BCUT2D eigenvalue weighted by molar-refractivity contribution is -0.149. The van der Waals surface area contributed by atoms with Gasteiger partial charge in [0.2, 0.25) is 23.6 Å². The van der Waals surface area contributed by atoms with Crippen molar-refractivity contribution < 1.29 is 47.7 Å². The van der Waals surface area contributed by atoms with Gasteiger partial charge in [0.1, 0.15) is 23.2 Å². The van der Waals surface area contributed by atoms with Crippen LogP contribution in [0.4, 0.5) is 4.79 Å². The third kappa shape index (κ3) is 12.4. The zero-order chi connectivity index (χ0) is 45.1. The van der Waals surface area contributed by atoms with Crippen molar-refractivity contribution in [3.8, 4) is 0 Å². The molecule has 2 fully saturated rings. The van der Waals surface area contributed by atoms with E-state index < -0.39 is 77.3 Å². The molecule has 5 amide bonds. The lowest BCUT2D eigenvalue weighted by Crippen LogP contribution is -2.62. The molecule has 338 valence electrons. The molecule has 3 rings (SSSR count). The van der Waals surface area contributed by atoms with Crippen LogP contribution in [0.5, 0.6) is 0 Å². The molecule has 60 heavy (non-hydrogen) atoms. The van der Waals surface area contributed by atoms with E-state index in [-0.39, 0.29) is 36.5 Å². The molecule has 2 aliphatic rings.